The van der Waals surface area contributed by atoms with Crippen LogP contribution in [0.1, 0.15) is 10.4 Å². The number of nitrogens with two attached hydrogens (primary N) is 1. The summed E-state index contributed by atoms with van der Waals surface area (Å²) in [4.78, 5) is 5.09. The predicted molar refractivity (Wildman–Crippen MR) is 65.8 cm³/mol. The second-order valence-corrected chi connectivity index (χ2v) is 5.14. The highest BCUT2D eigenvalue weighted by Crippen LogP contribution is 2.23. The molecule has 0 unspecified atom stereocenters. The van der Waals surface area contributed by atoms with Crippen LogP contribution in [-0.2, 0) is 6.42 Å². The van der Waals surface area contributed by atoms with Crippen molar-refractivity contribution in [3.05, 3.63) is 44.9 Å². The van der Waals surface area contributed by atoms with E-state index in [0.717, 1.165) is 16.9 Å². The van der Waals surface area contributed by atoms with E-state index in [1.54, 1.807) is 12.3 Å². The molecule has 1 aromatic carbocycles. The van der Waals surface area contributed by atoms with Gasteiger partial charge in [-0.2, -0.15) is 0 Å². The zero-order valence-electron chi connectivity index (χ0n) is 7.71. The van der Waals surface area contributed by atoms with Gasteiger partial charge >= 0.3 is 0 Å². The van der Waals surface area contributed by atoms with Crippen LogP contribution in [0.15, 0.2) is 24.4 Å². The van der Waals surface area contributed by atoms with E-state index < -0.39 is 0 Å². The van der Waals surface area contributed by atoms with E-state index in [4.69, 9.17) is 28.9 Å². The third kappa shape index (κ3) is 2.84. The van der Waals surface area contributed by atoms with E-state index in [0.29, 0.717) is 15.2 Å². The van der Waals surface area contributed by atoms with Crippen LogP contribution in [-0.4, -0.2) is 4.98 Å². The molecule has 0 spiro atoms. The number of nitrogen functional groups attached to an aromatic ring is 1. The molecule has 0 saturated carbocycles. The molecule has 2 N–H and O–H groups in total. The van der Waals surface area contributed by atoms with E-state index in [9.17, 15) is 0 Å². The van der Waals surface area contributed by atoms with Gasteiger partial charge < -0.3 is 5.73 Å². The van der Waals surface area contributed by atoms with Crippen LogP contribution in [0.25, 0.3) is 0 Å². The number of anilines is 1. The van der Waals surface area contributed by atoms with Gasteiger partial charge in [0.05, 0.1) is 0 Å². The number of hydrogen-bond donors (Lipinski definition) is 1. The molecule has 1 heterocycles. The summed E-state index contributed by atoms with van der Waals surface area (Å²) in [6.45, 7) is 0. The second kappa shape index (κ2) is 4.39. The Bertz CT molecular complexity index is 462. The normalized spacial score (nSPS) is 10.5. The molecule has 0 radical (unpaired) electrons. The van der Waals surface area contributed by atoms with E-state index in [2.05, 4.69) is 4.98 Å². The first-order chi connectivity index (χ1) is 7.13. The fraction of sp³-hybridized carbons (Fsp3) is 0.100. The molecule has 0 saturated heterocycles. The summed E-state index contributed by atoms with van der Waals surface area (Å²) in [6, 6.07) is 5.50. The van der Waals surface area contributed by atoms with Crippen molar-refractivity contribution >= 4 is 39.7 Å². The van der Waals surface area contributed by atoms with Gasteiger partial charge in [0.1, 0.15) is 0 Å². The largest absolute Gasteiger partial charge is 0.375 e. The molecule has 0 fully saturated rings. The number of nitrogens with zero attached hydrogens (tertiary/aromatic N) is 1. The molecule has 0 aliphatic heterocycles. The number of halogens is 2. The van der Waals surface area contributed by atoms with Crippen molar-refractivity contribution in [1.29, 1.82) is 0 Å². The van der Waals surface area contributed by atoms with Gasteiger partial charge in [-0.3, -0.25) is 0 Å². The van der Waals surface area contributed by atoms with Crippen LogP contribution in [0, 0.1) is 0 Å². The van der Waals surface area contributed by atoms with Crippen LogP contribution in [0.2, 0.25) is 10.0 Å². The molecule has 5 heteroatoms. The summed E-state index contributed by atoms with van der Waals surface area (Å²) < 4.78 is 0. The third-order valence-corrected chi connectivity index (χ3v) is 3.14. The lowest BCUT2D eigenvalue weighted by atomic mass is 10.1. The van der Waals surface area contributed by atoms with Crippen LogP contribution in [0.4, 0.5) is 5.13 Å². The number of thiazole rings is 1. The maximum absolute atomic E-state index is 5.90. The fourth-order valence-electron chi connectivity index (χ4n) is 1.32. The van der Waals surface area contributed by atoms with Crippen molar-refractivity contribution in [3.63, 3.8) is 0 Å². The Balaban J connectivity index is 2.24. The first-order valence-corrected chi connectivity index (χ1v) is 5.86. The Morgan fingerprint density at radius 2 is 1.87 bits per heavy atom. The number of benzene rings is 1. The maximum Gasteiger partial charge on any atom is 0.180 e. The van der Waals surface area contributed by atoms with E-state index >= 15 is 0 Å². The van der Waals surface area contributed by atoms with Gasteiger partial charge in [0, 0.05) is 27.5 Å². The molecule has 0 bridgehead atoms. The molecule has 0 atom stereocenters. The Hall–Kier alpha value is -0.770. The minimum atomic E-state index is 0.582. The average Bonchev–Trinajstić information content (AvgIpc) is 2.49. The number of aromatic nitrogens is 1. The van der Waals surface area contributed by atoms with Crippen molar-refractivity contribution < 1.29 is 0 Å². The fourth-order valence-corrected chi connectivity index (χ4v) is 2.61. The van der Waals surface area contributed by atoms with Gasteiger partial charge in [-0.25, -0.2) is 4.98 Å². The van der Waals surface area contributed by atoms with Crippen LogP contribution < -0.4 is 5.73 Å². The molecular formula is C10H8Cl2N2S. The number of hydrogen-bond acceptors (Lipinski definition) is 3. The summed E-state index contributed by atoms with van der Waals surface area (Å²) in [6.07, 6.45) is 2.53. The molecule has 2 aromatic rings. The maximum atomic E-state index is 5.90. The Morgan fingerprint density at radius 3 is 2.40 bits per heavy atom. The third-order valence-electron chi connectivity index (χ3n) is 1.87. The van der Waals surface area contributed by atoms with Gasteiger partial charge in [0.25, 0.3) is 0 Å². The van der Waals surface area contributed by atoms with Crippen molar-refractivity contribution in [2.45, 2.75) is 6.42 Å². The molecular weight excluding hydrogens is 251 g/mol. The van der Waals surface area contributed by atoms with Gasteiger partial charge in [-0.1, -0.05) is 23.2 Å². The predicted octanol–water partition coefficient (Wildman–Crippen LogP) is 3.62. The summed E-state index contributed by atoms with van der Waals surface area (Å²) in [7, 11) is 0. The smallest absolute Gasteiger partial charge is 0.180 e. The zero-order chi connectivity index (χ0) is 10.8. The Morgan fingerprint density at radius 1 is 1.20 bits per heavy atom. The van der Waals surface area contributed by atoms with Crippen LogP contribution in [0.5, 0.6) is 0 Å². The molecule has 2 nitrogen and oxygen atoms in total. The molecule has 0 amide bonds. The topological polar surface area (TPSA) is 38.9 Å². The van der Waals surface area contributed by atoms with Gasteiger partial charge in [-0.15, -0.1) is 11.3 Å². The highest BCUT2D eigenvalue weighted by Gasteiger charge is 2.03. The molecule has 15 heavy (non-hydrogen) atoms. The summed E-state index contributed by atoms with van der Waals surface area (Å²) in [5.74, 6) is 0. The second-order valence-electron chi connectivity index (χ2n) is 3.12. The molecule has 1 aromatic heterocycles. The first-order valence-electron chi connectivity index (χ1n) is 4.28. The summed E-state index contributed by atoms with van der Waals surface area (Å²) >= 11 is 13.3. The minimum Gasteiger partial charge on any atom is -0.375 e. The lowest BCUT2D eigenvalue weighted by Crippen LogP contribution is -1.84. The van der Waals surface area contributed by atoms with Crippen LogP contribution in [0.3, 0.4) is 0 Å². The highest BCUT2D eigenvalue weighted by atomic mass is 35.5. The standard InChI is InChI=1S/C10H8Cl2N2S/c11-7-1-6(2-8(12)4-7)3-9-5-14-10(13)15-9/h1-2,4-5H,3H2,(H2,13,14). The molecule has 78 valence electrons. The van der Waals surface area contributed by atoms with Gasteiger partial charge in [0.15, 0.2) is 5.13 Å². The SMILES string of the molecule is Nc1ncc(Cc2cc(Cl)cc(Cl)c2)s1. The summed E-state index contributed by atoms with van der Waals surface area (Å²) in [5.41, 5.74) is 6.61. The molecule has 2 rings (SSSR count). The van der Waals surface area contributed by atoms with Gasteiger partial charge in [-0.05, 0) is 23.8 Å². The van der Waals surface area contributed by atoms with Gasteiger partial charge in [0.2, 0.25) is 0 Å². The Kier molecular flexibility index (Phi) is 3.14. The average molecular weight is 259 g/mol. The molecule has 0 aliphatic rings. The highest BCUT2D eigenvalue weighted by molar-refractivity contribution is 7.15. The van der Waals surface area contributed by atoms with Crippen LogP contribution >= 0.6 is 34.5 Å². The lowest BCUT2D eigenvalue weighted by Gasteiger charge is -2.00. The lowest BCUT2D eigenvalue weighted by molar-refractivity contribution is 1.22. The number of rotatable bonds is 2. The first kappa shape index (κ1) is 10.7. The van der Waals surface area contributed by atoms with Crippen molar-refractivity contribution in [2.24, 2.45) is 0 Å². The zero-order valence-corrected chi connectivity index (χ0v) is 10.0. The summed E-state index contributed by atoms with van der Waals surface area (Å²) in [5, 5.41) is 1.88. The monoisotopic (exact) mass is 258 g/mol. The minimum absolute atomic E-state index is 0.582. The van der Waals surface area contributed by atoms with E-state index in [1.165, 1.54) is 11.3 Å². The van der Waals surface area contributed by atoms with Crippen molar-refractivity contribution in [1.82, 2.24) is 4.98 Å². The van der Waals surface area contributed by atoms with Crippen molar-refractivity contribution in [3.8, 4) is 0 Å². The molecule has 0 aliphatic carbocycles. The van der Waals surface area contributed by atoms with Crippen molar-refractivity contribution in [2.75, 3.05) is 5.73 Å². The van der Waals surface area contributed by atoms with E-state index in [1.807, 2.05) is 12.1 Å². The van der Waals surface area contributed by atoms with E-state index in [-0.39, 0.29) is 0 Å². The Labute approximate surface area is 102 Å². The quantitative estimate of drug-likeness (QED) is 0.894.